The predicted molar refractivity (Wildman–Crippen MR) is 87.2 cm³/mol. The summed E-state index contributed by atoms with van der Waals surface area (Å²) in [5.74, 6) is -1.80. The van der Waals surface area contributed by atoms with E-state index in [2.05, 4.69) is 4.98 Å². The highest BCUT2D eigenvalue weighted by Gasteiger charge is 2.28. The van der Waals surface area contributed by atoms with Crippen LogP contribution in [0.15, 0.2) is 22.9 Å². The normalized spacial score (nSPS) is 12.0. The molecule has 2 rings (SSSR count). The van der Waals surface area contributed by atoms with Crippen molar-refractivity contribution in [3.05, 3.63) is 28.6 Å². The number of carbonyl (C=O) groups excluding carboxylic acids is 3. The van der Waals surface area contributed by atoms with Crippen molar-refractivity contribution in [2.24, 2.45) is 11.7 Å². The first-order chi connectivity index (χ1) is 10.9. The molecule has 0 saturated carbocycles. The van der Waals surface area contributed by atoms with Gasteiger partial charge in [0.15, 0.2) is 11.8 Å². The standard InChI is InChI=1S/C14H15N3O4S2/c1-7(2)10(11(18)17-14(15)20)21-13(19)8-6-23-12(16-8)9-4-3-5-22-9/h3-7,10H,1-2H3,(H3,15,17,18,20). The highest BCUT2D eigenvalue weighted by atomic mass is 32.1. The van der Waals surface area contributed by atoms with Crippen LogP contribution in [-0.4, -0.2) is 29.0 Å². The lowest BCUT2D eigenvalue weighted by molar-refractivity contribution is -0.130. The van der Waals surface area contributed by atoms with E-state index in [1.165, 1.54) is 22.7 Å². The summed E-state index contributed by atoms with van der Waals surface area (Å²) in [6.07, 6.45) is -1.12. The number of ether oxygens (including phenoxy) is 1. The molecule has 3 N–H and O–H groups in total. The van der Waals surface area contributed by atoms with E-state index in [-0.39, 0.29) is 11.6 Å². The first kappa shape index (κ1) is 17.1. The Morgan fingerprint density at radius 3 is 2.61 bits per heavy atom. The Balaban J connectivity index is 2.10. The van der Waals surface area contributed by atoms with Gasteiger partial charge in [-0.3, -0.25) is 10.1 Å². The van der Waals surface area contributed by atoms with Gasteiger partial charge in [0.25, 0.3) is 5.91 Å². The Labute approximate surface area is 140 Å². The van der Waals surface area contributed by atoms with E-state index < -0.39 is 24.0 Å². The van der Waals surface area contributed by atoms with E-state index in [1.54, 1.807) is 19.2 Å². The molecule has 0 aliphatic rings. The Morgan fingerprint density at radius 2 is 2.04 bits per heavy atom. The molecular weight excluding hydrogens is 338 g/mol. The summed E-state index contributed by atoms with van der Waals surface area (Å²) in [6, 6.07) is 2.79. The van der Waals surface area contributed by atoms with Crippen LogP contribution in [0.2, 0.25) is 0 Å². The summed E-state index contributed by atoms with van der Waals surface area (Å²) in [5, 5.41) is 6.10. The molecule has 0 fully saturated rings. The summed E-state index contributed by atoms with van der Waals surface area (Å²) in [6.45, 7) is 3.38. The number of primary amides is 1. The lowest BCUT2D eigenvalue weighted by Crippen LogP contribution is -2.45. The number of imide groups is 1. The number of hydrogen-bond acceptors (Lipinski definition) is 7. The van der Waals surface area contributed by atoms with Crippen LogP contribution in [0.4, 0.5) is 4.79 Å². The summed E-state index contributed by atoms with van der Waals surface area (Å²) in [5.41, 5.74) is 5.03. The van der Waals surface area contributed by atoms with Gasteiger partial charge in [-0.25, -0.2) is 14.6 Å². The molecule has 122 valence electrons. The molecule has 1 unspecified atom stereocenters. The third-order valence-corrected chi connectivity index (χ3v) is 4.67. The zero-order valence-corrected chi connectivity index (χ0v) is 14.1. The Bertz CT molecular complexity index is 709. The molecule has 23 heavy (non-hydrogen) atoms. The molecule has 0 spiro atoms. The summed E-state index contributed by atoms with van der Waals surface area (Å²) >= 11 is 2.83. The predicted octanol–water partition coefficient (Wildman–Crippen LogP) is 2.25. The van der Waals surface area contributed by atoms with E-state index in [9.17, 15) is 14.4 Å². The van der Waals surface area contributed by atoms with Crippen molar-refractivity contribution >= 4 is 40.6 Å². The van der Waals surface area contributed by atoms with Crippen LogP contribution in [0.5, 0.6) is 0 Å². The van der Waals surface area contributed by atoms with Crippen LogP contribution in [0.1, 0.15) is 24.3 Å². The first-order valence-electron chi connectivity index (χ1n) is 6.69. The first-order valence-corrected chi connectivity index (χ1v) is 8.45. The molecular formula is C14H15N3O4S2. The van der Waals surface area contributed by atoms with Gasteiger partial charge in [0.05, 0.1) is 4.88 Å². The summed E-state index contributed by atoms with van der Waals surface area (Å²) in [4.78, 5) is 39.9. The van der Waals surface area contributed by atoms with Crippen LogP contribution in [0.3, 0.4) is 0 Å². The topological polar surface area (TPSA) is 111 Å². The molecule has 0 radical (unpaired) electrons. The number of nitrogens with two attached hydrogens (primary N) is 1. The maximum absolute atomic E-state index is 12.2. The molecule has 3 amide bonds. The van der Waals surface area contributed by atoms with Crippen molar-refractivity contribution in [2.45, 2.75) is 20.0 Å². The fourth-order valence-electron chi connectivity index (χ4n) is 1.74. The second-order valence-corrected chi connectivity index (χ2v) is 6.74. The third-order valence-electron chi connectivity index (χ3n) is 2.79. The number of thiophene rings is 1. The molecule has 2 heterocycles. The zero-order valence-electron chi connectivity index (χ0n) is 12.4. The van der Waals surface area contributed by atoms with Crippen molar-refractivity contribution in [3.8, 4) is 9.88 Å². The SMILES string of the molecule is CC(C)C(OC(=O)c1csc(-c2cccs2)n1)C(=O)NC(N)=O. The molecule has 0 saturated heterocycles. The maximum atomic E-state index is 12.2. The van der Waals surface area contributed by atoms with E-state index >= 15 is 0 Å². The number of urea groups is 1. The Kier molecular flexibility index (Phi) is 5.45. The van der Waals surface area contributed by atoms with E-state index in [0.29, 0.717) is 5.01 Å². The van der Waals surface area contributed by atoms with E-state index in [1.807, 2.05) is 22.8 Å². The van der Waals surface area contributed by atoms with Crippen molar-refractivity contribution in [1.29, 1.82) is 0 Å². The fourth-order valence-corrected chi connectivity index (χ4v) is 3.34. The van der Waals surface area contributed by atoms with Crippen LogP contribution in [0, 0.1) is 5.92 Å². The molecule has 0 aromatic carbocycles. The molecule has 1 atom stereocenters. The molecule has 2 aromatic rings. The smallest absolute Gasteiger partial charge is 0.358 e. The fraction of sp³-hybridized carbons (Fsp3) is 0.286. The van der Waals surface area contributed by atoms with Gasteiger partial charge < -0.3 is 10.5 Å². The minimum Gasteiger partial charge on any atom is -0.447 e. The molecule has 0 aliphatic carbocycles. The van der Waals surface area contributed by atoms with Gasteiger partial charge in [-0.2, -0.15) is 0 Å². The number of aromatic nitrogens is 1. The largest absolute Gasteiger partial charge is 0.447 e. The number of carbonyl (C=O) groups is 3. The zero-order chi connectivity index (χ0) is 17.0. The number of thiazole rings is 1. The van der Waals surface area contributed by atoms with Crippen molar-refractivity contribution in [3.63, 3.8) is 0 Å². The monoisotopic (exact) mass is 353 g/mol. The van der Waals surface area contributed by atoms with E-state index in [0.717, 1.165) is 4.88 Å². The Hall–Kier alpha value is -2.26. The highest BCUT2D eigenvalue weighted by molar-refractivity contribution is 7.20. The van der Waals surface area contributed by atoms with Gasteiger partial charge in [0.1, 0.15) is 5.01 Å². The van der Waals surface area contributed by atoms with Gasteiger partial charge in [-0.05, 0) is 17.4 Å². The van der Waals surface area contributed by atoms with E-state index in [4.69, 9.17) is 10.5 Å². The van der Waals surface area contributed by atoms with Crippen LogP contribution >= 0.6 is 22.7 Å². The Morgan fingerprint density at radius 1 is 1.30 bits per heavy atom. The maximum Gasteiger partial charge on any atom is 0.358 e. The van der Waals surface area contributed by atoms with Gasteiger partial charge >= 0.3 is 12.0 Å². The lowest BCUT2D eigenvalue weighted by atomic mass is 10.1. The number of hydrogen-bond donors (Lipinski definition) is 2. The van der Waals surface area contributed by atoms with Crippen LogP contribution < -0.4 is 11.1 Å². The van der Waals surface area contributed by atoms with Crippen molar-refractivity contribution in [2.75, 3.05) is 0 Å². The van der Waals surface area contributed by atoms with Crippen molar-refractivity contribution < 1.29 is 19.1 Å². The molecule has 7 nitrogen and oxygen atoms in total. The minimum absolute atomic E-state index is 0.121. The molecule has 2 aromatic heterocycles. The average Bonchev–Trinajstić information content (AvgIpc) is 3.13. The van der Waals surface area contributed by atoms with Gasteiger partial charge in [-0.1, -0.05) is 19.9 Å². The second kappa shape index (κ2) is 7.34. The van der Waals surface area contributed by atoms with Crippen LogP contribution in [0.25, 0.3) is 9.88 Å². The molecule has 9 heteroatoms. The van der Waals surface area contributed by atoms with Crippen LogP contribution in [-0.2, 0) is 9.53 Å². The molecule has 0 bridgehead atoms. The highest BCUT2D eigenvalue weighted by Crippen LogP contribution is 2.28. The van der Waals surface area contributed by atoms with Gasteiger partial charge in [0, 0.05) is 5.38 Å². The third kappa shape index (κ3) is 4.36. The minimum atomic E-state index is -1.12. The number of rotatable bonds is 5. The number of amides is 3. The lowest BCUT2D eigenvalue weighted by Gasteiger charge is -2.19. The molecule has 0 aliphatic heterocycles. The number of esters is 1. The quantitative estimate of drug-likeness (QED) is 0.801. The number of nitrogens with zero attached hydrogens (tertiary/aromatic N) is 1. The number of nitrogens with one attached hydrogen (secondary N) is 1. The summed E-state index contributed by atoms with van der Waals surface area (Å²) < 4.78 is 5.18. The second-order valence-electron chi connectivity index (χ2n) is 4.94. The van der Waals surface area contributed by atoms with Crippen molar-refractivity contribution in [1.82, 2.24) is 10.3 Å². The summed E-state index contributed by atoms with van der Waals surface area (Å²) in [7, 11) is 0. The van der Waals surface area contributed by atoms with Gasteiger partial charge in [-0.15, -0.1) is 22.7 Å². The van der Waals surface area contributed by atoms with Gasteiger partial charge in [0.2, 0.25) is 0 Å². The average molecular weight is 353 g/mol.